The van der Waals surface area contributed by atoms with E-state index in [4.69, 9.17) is 11.6 Å². The fraction of sp³-hybridized carbons (Fsp3) is 0.355. The van der Waals surface area contributed by atoms with Gasteiger partial charge in [-0.05, 0) is 56.2 Å². The van der Waals surface area contributed by atoms with Crippen molar-refractivity contribution in [3.63, 3.8) is 0 Å². The number of halogens is 5. The first-order valence-corrected chi connectivity index (χ1v) is 15.9. The lowest BCUT2D eigenvalue weighted by atomic mass is 9.95. The third-order valence-corrected chi connectivity index (χ3v) is 9.66. The molecule has 1 N–H and O–H groups in total. The molecule has 0 unspecified atom stereocenters. The summed E-state index contributed by atoms with van der Waals surface area (Å²) in [6, 6.07) is 13.3. The second kappa shape index (κ2) is 14.0. The van der Waals surface area contributed by atoms with Crippen LogP contribution in [0, 0.1) is 5.82 Å². The molecule has 1 saturated carbocycles. The summed E-state index contributed by atoms with van der Waals surface area (Å²) in [7, 11) is -4.66. The Morgan fingerprint density at radius 2 is 1.61 bits per heavy atom. The van der Waals surface area contributed by atoms with Crippen LogP contribution in [0.25, 0.3) is 0 Å². The van der Waals surface area contributed by atoms with Gasteiger partial charge in [-0.1, -0.05) is 67.3 Å². The van der Waals surface area contributed by atoms with Crippen molar-refractivity contribution in [1.29, 1.82) is 0 Å². The highest BCUT2D eigenvalue weighted by Crippen LogP contribution is 2.37. The number of nitrogens with one attached hydrogen (secondary N) is 1. The topological polar surface area (TPSA) is 86.8 Å². The van der Waals surface area contributed by atoms with Crippen molar-refractivity contribution < 1.29 is 35.6 Å². The normalized spacial score (nSPS) is 15.0. The minimum Gasteiger partial charge on any atom is -0.352 e. The molecule has 236 valence electrons. The zero-order valence-corrected chi connectivity index (χ0v) is 25.4. The maximum atomic E-state index is 14.7. The number of alkyl halides is 3. The molecule has 7 nitrogen and oxygen atoms in total. The van der Waals surface area contributed by atoms with E-state index < -0.39 is 64.2 Å². The van der Waals surface area contributed by atoms with E-state index in [1.807, 2.05) is 0 Å². The van der Waals surface area contributed by atoms with Gasteiger partial charge in [-0.3, -0.25) is 13.9 Å². The monoisotopic (exact) mass is 653 g/mol. The van der Waals surface area contributed by atoms with E-state index in [0.29, 0.717) is 16.4 Å². The molecule has 1 atom stereocenters. The molecule has 0 spiro atoms. The zero-order chi connectivity index (χ0) is 32.1. The second-order valence-corrected chi connectivity index (χ2v) is 12.9. The minimum absolute atomic E-state index is 0.0627. The molecule has 0 saturated heterocycles. The molecule has 0 heterocycles. The van der Waals surface area contributed by atoms with Crippen LogP contribution in [0.2, 0.25) is 5.02 Å². The number of benzene rings is 3. The molecule has 3 aromatic carbocycles. The Balaban J connectivity index is 1.75. The van der Waals surface area contributed by atoms with Gasteiger partial charge in [0, 0.05) is 18.2 Å². The lowest BCUT2D eigenvalue weighted by molar-refractivity contribution is -0.139. The zero-order valence-electron chi connectivity index (χ0n) is 23.9. The van der Waals surface area contributed by atoms with Gasteiger partial charge >= 0.3 is 6.18 Å². The van der Waals surface area contributed by atoms with E-state index in [1.54, 1.807) is 12.1 Å². The van der Waals surface area contributed by atoms with E-state index >= 15 is 0 Å². The Kier molecular flexibility index (Phi) is 10.6. The van der Waals surface area contributed by atoms with E-state index in [1.165, 1.54) is 49.4 Å². The lowest BCUT2D eigenvalue weighted by Crippen LogP contribution is -2.53. The molecule has 13 heteroatoms. The Labute approximate surface area is 258 Å². The van der Waals surface area contributed by atoms with Crippen LogP contribution in [0.5, 0.6) is 0 Å². The largest absolute Gasteiger partial charge is 0.416 e. The molecule has 2 amide bonds. The number of anilines is 1. The number of sulfonamides is 1. The smallest absolute Gasteiger partial charge is 0.352 e. The number of carbonyl (C=O) groups is 2. The summed E-state index contributed by atoms with van der Waals surface area (Å²) in [6.07, 6.45) is -0.409. The standard InChI is InChI=1S/C31H32ClF4N3O4S/c1-21(30(41)37-24-11-4-2-5-12-24)38(19-22-10-8-9-15-27(22)33)29(40)20-39(44(42,43)25-13-6-3-7-14-25)28-18-23(31(34,35)36)16-17-26(28)32/h3,6-10,13-18,21,24H,2,4-5,11-12,19-20H2,1H3,(H,37,41)/t21-/m0/s1. The van der Waals surface area contributed by atoms with Gasteiger partial charge in [0.2, 0.25) is 11.8 Å². The van der Waals surface area contributed by atoms with Crippen molar-refractivity contribution in [1.82, 2.24) is 10.2 Å². The van der Waals surface area contributed by atoms with Crippen molar-refractivity contribution >= 4 is 39.1 Å². The average Bonchev–Trinajstić information content (AvgIpc) is 2.99. The van der Waals surface area contributed by atoms with Crippen molar-refractivity contribution in [2.24, 2.45) is 0 Å². The summed E-state index contributed by atoms with van der Waals surface area (Å²) >= 11 is 6.26. The van der Waals surface area contributed by atoms with Crippen LogP contribution in [0.3, 0.4) is 0 Å². The first-order valence-electron chi connectivity index (χ1n) is 14.1. The van der Waals surface area contributed by atoms with E-state index in [2.05, 4.69) is 5.32 Å². The number of rotatable bonds is 10. The maximum absolute atomic E-state index is 14.7. The predicted octanol–water partition coefficient (Wildman–Crippen LogP) is 6.56. The van der Waals surface area contributed by atoms with Crippen LogP contribution in [0.1, 0.15) is 50.2 Å². The molecule has 0 bridgehead atoms. The van der Waals surface area contributed by atoms with Gasteiger partial charge in [0.15, 0.2) is 0 Å². The number of hydrogen-bond acceptors (Lipinski definition) is 4. The van der Waals surface area contributed by atoms with Crippen LogP contribution in [0.4, 0.5) is 23.2 Å². The maximum Gasteiger partial charge on any atom is 0.416 e. The number of carbonyl (C=O) groups excluding carboxylic acids is 2. The third kappa shape index (κ3) is 7.89. The molecule has 0 aromatic heterocycles. The number of hydrogen-bond donors (Lipinski definition) is 1. The highest BCUT2D eigenvalue weighted by atomic mass is 35.5. The van der Waals surface area contributed by atoms with Gasteiger partial charge in [0.25, 0.3) is 10.0 Å². The summed E-state index contributed by atoms with van der Waals surface area (Å²) in [5.41, 5.74) is -1.70. The molecular formula is C31H32ClF4N3O4S. The van der Waals surface area contributed by atoms with Crippen LogP contribution >= 0.6 is 11.6 Å². The van der Waals surface area contributed by atoms with Gasteiger partial charge < -0.3 is 10.2 Å². The lowest BCUT2D eigenvalue weighted by Gasteiger charge is -2.33. The molecule has 1 aliphatic carbocycles. The molecule has 3 aromatic rings. The van der Waals surface area contributed by atoms with Crippen molar-refractivity contribution in [2.45, 2.75) is 68.7 Å². The quantitative estimate of drug-likeness (QED) is 0.251. The molecule has 4 rings (SSSR count). The van der Waals surface area contributed by atoms with Gasteiger partial charge in [0.05, 0.1) is 21.2 Å². The third-order valence-electron chi connectivity index (χ3n) is 7.57. The molecule has 0 aliphatic heterocycles. The number of amides is 2. The molecule has 1 aliphatic rings. The Morgan fingerprint density at radius 1 is 0.977 bits per heavy atom. The van der Waals surface area contributed by atoms with Gasteiger partial charge in [0.1, 0.15) is 18.4 Å². The van der Waals surface area contributed by atoms with Crippen LogP contribution in [-0.2, 0) is 32.3 Å². The summed E-state index contributed by atoms with van der Waals surface area (Å²) in [4.78, 5) is 28.1. The molecule has 44 heavy (non-hydrogen) atoms. The van der Waals surface area contributed by atoms with Crippen molar-refractivity contribution in [3.05, 3.63) is 94.8 Å². The Hall–Kier alpha value is -3.64. The first-order chi connectivity index (χ1) is 20.8. The highest BCUT2D eigenvalue weighted by molar-refractivity contribution is 7.92. The van der Waals surface area contributed by atoms with Gasteiger partial charge in [-0.15, -0.1) is 0 Å². The van der Waals surface area contributed by atoms with E-state index in [0.717, 1.165) is 43.1 Å². The fourth-order valence-corrected chi connectivity index (χ4v) is 6.79. The van der Waals surface area contributed by atoms with E-state index in [9.17, 15) is 35.6 Å². The van der Waals surface area contributed by atoms with Crippen LogP contribution < -0.4 is 9.62 Å². The predicted molar refractivity (Wildman–Crippen MR) is 159 cm³/mol. The summed E-state index contributed by atoms with van der Waals surface area (Å²) in [5.74, 6) is -2.12. The first kappa shape index (κ1) is 33.3. The van der Waals surface area contributed by atoms with Crippen LogP contribution in [-0.4, -0.2) is 43.8 Å². The summed E-state index contributed by atoms with van der Waals surface area (Å²) in [5, 5.41) is 2.57. The second-order valence-electron chi connectivity index (χ2n) is 10.6. The molecule has 0 radical (unpaired) electrons. The van der Waals surface area contributed by atoms with Crippen LogP contribution in [0.15, 0.2) is 77.7 Å². The van der Waals surface area contributed by atoms with Gasteiger partial charge in [-0.25, -0.2) is 12.8 Å². The number of nitrogens with zero attached hydrogens (tertiary/aromatic N) is 2. The molecule has 1 fully saturated rings. The Morgan fingerprint density at radius 3 is 2.25 bits per heavy atom. The summed E-state index contributed by atoms with van der Waals surface area (Å²) in [6.45, 7) is 0.0122. The average molecular weight is 654 g/mol. The van der Waals surface area contributed by atoms with Crippen molar-refractivity contribution in [3.8, 4) is 0 Å². The highest BCUT2D eigenvalue weighted by Gasteiger charge is 2.37. The fourth-order valence-electron chi connectivity index (χ4n) is 5.07. The SMILES string of the molecule is C[C@@H](C(=O)NC1CCCCC1)N(Cc1ccccc1F)C(=O)CN(c1cc(C(F)(F)F)ccc1Cl)S(=O)(=O)c1ccccc1. The Bertz CT molecular complexity index is 1580. The molecular weight excluding hydrogens is 622 g/mol. The summed E-state index contributed by atoms with van der Waals surface area (Å²) < 4.78 is 84.0. The van der Waals surface area contributed by atoms with Crippen molar-refractivity contribution in [2.75, 3.05) is 10.8 Å². The van der Waals surface area contributed by atoms with E-state index in [-0.39, 0.29) is 21.5 Å². The minimum atomic E-state index is -4.84. The van der Waals surface area contributed by atoms with Gasteiger partial charge in [-0.2, -0.15) is 13.2 Å².